The predicted octanol–water partition coefficient (Wildman–Crippen LogP) is 5.04. The summed E-state index contributed by atoms with van der Waals surface area (Å²) >= 11 is 0. The molecule has 0 aliphatic heterocycles. The summed E-state index contributed by atoms with van der Waals surface area (Å²) in [5.41, 5.74) is 3.78. The summed E-state index contributed by atoms with van der Waals surface area (Å²) in [7, 11) is 1.54. The number of carbonyl (C=O) groups excluding carboxylic acids is 1. The van der Waals surface area contributed by atoms with E-state index >= 15 is 0 Å². The van der Waals surface area contributed by atoms with Crippen molar-refractivity contribution in [3.8, 4) is 5.75 Å². The van der Waals surface area contributed by atoms with E-state index in [0.717, 1.165) is 28.6 Å². The Morgan fingerprint density at radius 2 is 1.91 bits per heavy atom. The van der Waals surface area contributed by atoms with Crippen molar-refractivity contribution in [3.63, 3.8) is 0 Å². The Balaban J connectivity index is 1.65. The fourth-order valence-electron chi connectivity index (χ4n) is 4.73. The number of allylic oxidation sites excluding steroid dienone is 1. The van der Waals surface area contributed by atoms with Crippen LogP contribution in [-0.4, -0.2) is 35.2 Å². The molecule has 0 unspecified atom stereocenters. The summed E-state index contributed by atoms with van der Waals surface area (Å²) in [6, 6.07) is 10.7. The number of rotatable bonds is 9. The molecule has 0 atom stereocenters. The molecule has 33 heavy (non-hydrogen) atoms. The molecule has 2 N–H and O–H groups in total. The van der Waals surface area contributed by atoms with Gasteiger partial charge in [0.25, 0.3) is 5.91 Å². The van der Waals surface area contributed by atoms with Gasteiger partial charge in [0.1, 0.15) is 5.75 Å². The molecule has 0 bridgehead atoms. The van der Waals surface area contributed by atoms with Crippen LogP contribution in [0.4, 0.5) is 0 Å². The van der Waals surface area contributed by atoms with E-state index in [-0.39, 0.29) is 11.5 Å². The third-order valence-corrected chi connectivity index (χ3v) is 6.49. The van der Waals surface area contributed by atoms with E-state index in [2.05, 4.69) is 22.7 Å². The third kappa shape index (κ3) is 4.95. The Morgan fingerprint density at radius 1 is 1.15 bits per heavy atom. The first-order valence-electron chi connectivity index (χ1n) is 11.4. The molecule has 6 heteroatoms. The molecule has 1 aliphatic carbocycles. The zero-order chi connectivity index (χ0) is 23.4. The molecule has 1 heterocycles. The van der Waals surface area contributed by atoms with Crippen LogP contribution < -0.4 is 10.1 Å². The van der Waals surface area contributed by atoms with Crippen LogP contribution >= 0.6 is 0 Å². The molecule has 3 aromatic rings. The highest BCUT2D eigenvalue weighted by Gasteiger charge is 2.18. The maximum absolute atomic E-state index is 12.8. The molecule has 172 valence electrons. The van der Waals surface area contributed by atoms with Crippen LogP contribution in [0.1, 0.15) is 57.5 Å². The van der Waals surface area contributed by atoms with Gasteiger partial charge in [0.15, 0.2) is 0 Å². The lowest BCUT2D eigenvalue weighted by atomic mass is 10.0. The molecule has 4 rings (SSSR count). The average Bonchev–Trinajstić information content (AvgIpc) is 3.46. The van der Waals surface area contributed by atoms with Gasteiger partial charge in [0.2, 0.25) is 0 Å². The summed E-state index contributed by atoms with van der Waals surface area (Å²) in [6.07, 6.45) is 9.35. The van der Waals surface area contributed by atoms with Crippen molar-refractivity contribution in [3.05, 3.63) is 77.5 Å². The van der Waals surface area contributed by atoms with E-state index in [1.54, 1.807) is 18.2 Å². The molecule has 1 aliphatic rings. The minimum absolute atomic E-state index is 0.0467. The first-order chi connectivity index (χ1) is 16.0. The van der Waals surface area contributed by atoms with Crippen LogP contribution in [-0.2, 0) is 13.0 Å². The number of nitrogens with zero attached hydrogens (tertiary/aromatic N) is 1. The lowest BCUT2D eigenvalue weighted by molar-refractivity contribution is 0.0696. The fourth-order valence-corrected chi connectivity index (χ4v) is 4.73. The number of carbonyl (C=O) groups is 2. The van der Waals surface area contributed by atoms with Gasteiger partial charge < -0.3 is 19.7 Å². The third-order valence-electron chi connectivity index (χ3n) is 6.49. The van der Waals surface area contributed by atoms with Crippen LogP contribution in [0.3, 0.4) is 0 Å². The topological polar surface area (TPSA) is 80.6 Å². The molecule has 6 nitrogen and oxygen atoms in total. The van der Waals surface area contributed by atoms with Gasteiger partial charge in [-0.05, 0) is 60.2 Å². The van der Waals surface area contributed by atoms with Crippen LogP contribution in [0.2, 0.25) is 0 Å². The number of methoxy groups -OCH3 is 1. The zero-order valence-corrected chi connectivity index (χ0v) is 19.0. The number of nitrogens with one attached hydrogen (secondary N) is 1. The number of hydrogen-bond donors (Lipinski definition) is 2. The van der Waals surface area contributed by atoms with Gasteiger partial charge in [-0.3, -0.25) is 4.79 Å². The average molecular weight is 447 g/mol. The van der Waals surface area contributed by atoms with Gasteiger partial charge in [-0.25, -0.2) is 4.79 Å². The van der Waals surface area contributed by atoms with Gasteiger partial charge in [-0.15, -0.1) is 6.58 Å². The van der Waals surface area contributed by atoms with Crippen molar-refractivity contribution in [2.24, 2.45) is 5.92 Å². The highest BCUT2D eigenvalue weighted by Crippen LogP contribution is 2.29. The number of hydrogen-bond acceptors (Lipinski definition) is 3. The number of aromatic nitrogens is 1. The van der Waals surface area contributed by atoms with E-state index in [1.807, 2.05) is 24.3 Å². The molecule has 1 amide bonds. The van der Waals surface area contributed by atoms with E-state index in [4.69, 9.17) is 4.74 Å². The van der Waals surface area contributed by atoms with Crippen molar-refractivity contribution in [1.29, 1.82) is 0 Å². The SMILES string of the molecule is C=CCn1cc(Cc2ccc(C(=O)O)cc2OC)c2cc(C(=O)NCC3CCCC3)ccc21. The number of aromatic carboxylic acids is 1. The van der Waals surface area contributed by atoms with E-state index < -0.39 is 5.97 Å². The maximum Gasteiger partial charge on any atom is 0.335 e. The van der Waals surface area contributed by atoms with Crippen molar-refractivity contribution >= 4 is 22.8 Å². The Labute approximate surface area is 193 Å². The summed E-state index contributed by atoms with van der Waals surface area (Å²) in [5.74, 6) is 0.0819. The van der Waals surface area contributed by atoms with Crippen LogP contribution in [0, 0.1) is 5.92 Å². The van der Waals surface area contributed by atoms with Gasteiger partial charge in [-0.2, -0.15) is 0 Å². The largest absolute Gasteiger partial charge is 0.496 e. The molecule has 0 spiro atoms. The van der Waals surface area contributed by atoms with Crippen molar-refractivity contribution in [2.45, 2.75) is 38.6 Å². The molecule has 0 radical (unpaired) electrons. The molecule has 0 saturated heterocycles. The maximum atomic E-state index is 12.8. The van der Waals surface area contributed by atoms with Gasteiger partial charge in [0.05, 0.1) is 12.7 Å². The number of carboxylic acid groups (broad SMARTS) is 1. The van der Waals surface area contributed by atoms with Crippen LogP contribution in [0.25, 0.3) is 10.9 Å². The van der Waals surface area contributed by atoms with Crippen molar-refractivity contribution in [2.75, 3.05) is 13.7 Å². The lowest BCUT2D eigenvalue weighted by Crippen LogP contribution is -2.28. The Bertz CT molecular complexity index is 1190. The second kappa shape index (κ2) is 9.94. The van der Waals surface area contributed by atoms with Crippen molar-refractivity contribution < 1.29 is 19.4 Å². The minimum atomic E-state index is -0.990. The monoisotopic (exact) mass is 446 g/mol. The summed E-state index contributed by atoms with van der Waals surface area (Å²) in [5, 5.41) is 13.4. The number of fused-ring (bicyclic) bond motifs is 1. The Hall–Kier alpha value is -3.54. The smallest absolute Gasteiger partial charge is 0.335 e. The second-order valence-electron chi connectivity index (χ2n) is 8.70. The van der Waals surface area contributed by atoms with Gasteiger partial charge in [0, 0.05) is 42.2 Å². The molecule has 1 saturated carbocycles. The molecular weight excluding hydrogens is 416 g/mol. The number of benzene rings is 2. The highest BCUT2D eigenvalue weighted by molar-refractivity contribution is 5.99. The molecule has 1 aromatic heterocycles. The van der Waals surface area contributed by atoms with Gasteiger partial charge >= 0.3 is 5.97 Å². The molecule has 2 aromatic carbocycles. The van der Waals surface area contributed by atoms with E-state index in [0.29, 0.717) is 30.2 Å². The molecular formula is C27H30N2O4. The van der Waals surface area contributed by atoms with Crippen LogP contribution in [0.15, 0.2) is 55.3 Å². The first kappa shape index (κ1) is 22.6. The standard InChI is InChI=1S/C27H30N2O4/c1-3-12-29-17-22(13-19-8-9-21(27(31)32)15-25(19)33-2)23-14-20(10-11-24(23)29)26(30)28-16-18-6-4-5-7-18/h3,8-11,14-15,17-18H,1,4-7,12-13,16H2,2H3,(H,28,30)(H,31,32). The summed E-state index contributed by atoms with van der Waals surface area (Å²) in [4.78, 5) is 24.2. The van der Waals surface area contributed by atoms with Gasteiger partial charge in [-0.1, -0.05) is 25.0 Å². The first-order valence-corrected chi connectivity index (χ1v) is 11.4. The van der Waals surface area contributed by atoms with Crippen LogP contribution in [0.5, 0.6) is 5.75 Å². The quantitative estimate of drug-likeness (QED) is 0.451. The minimum Gasteiger partial charge on any atom is -0.496 e. The van der Waals surface area contributed by atoms with E-state index in [1.165, 1.54) is 32.8 Å². The predicted molar refractivity (Wildman–Crippen MR) is 129 cm³/mol. The highest BCUT2D eigenvalue weighted by atomic mass is 16.5. The zero-order valence-electron chi connectivity index (χ0n) is 19.0. The number of ether oxygens (including phenoxy) is 1. The Morgan fingerprint density at radius 3 is 2.61 bits per heavy atom. The fraction of sp³-hybridized carbons (Fsp3) is 0.333. The Kier molecular flexibility index (Phi) is 6.82. The van der Waals surface area contributed by atoms with Crippen molar-refractivity contribution in [1.82, 2.24) is 9.88 Å². The van der Waals surface area contributed by atoms with E-state index in [9.17, 15) is 14.7 Å². The summed E-state index contributed by atoms with van der Waals surface area (Å²) in [6.45, 7) is 5.24. The second-order valence-corrected chi connectivity index (χ2v) is 8.70. The number of amides is 1. The normalized spacial score (nSPS) is 13.8. The lowest BCUT2D eigenvalue weighted by Gasteiger charge is -2.11. The molecule has 1 fully saturated rings. The number of carboxylic acids is 1. The summed E-state index contributed by atoms with van der Waals surface area (Å²) < 4.78 is 7.57.